The van der Waals surface area contributed by atoms with Gasteiger partial charge in [-0.3, -0.25) is 4.90 Å². The Labute approximate surface area is 85.9 Å². The van der Waals surface area contributed by atoms with Gasteiger partial charge in [0.2, 0.25) is 0 Å². The van der Waals surface area contributed by atoms with Crippen LogP contribution in [0.2, 0.25) is 0 Å². The van der Waals surface area contributed by atoms with Gasteiger partial charge in [-0.1, -0.05) is 0 Å². The van der Waals surface area contributed by atoms with Crippen molar-refractivity contribution >= 4 is 0 Å². The number of likely N-dealkylation sites (N-methyl/N-ethyl adjacent to an activating group) is 1. The zero-order valence-corrected chi connectivity index (χ0v) is 9.11. The van der Waals surface area contributed by atoms with Gasteiger partial charge >= 0.3 is 0 Å². The minimum atomic E-state index is -0.175. The van der Waals surface area contributed by atoms with Gasteiger partial charge < -0.3 is 15.3 Å². The Kier molecular flexibility index (Phi) is 3.07. The van der Waals surface area contributed by atoms with Crippen LogP contribution in [-0.4, -0.2) is 72.9 Å². The molecule has 0 aliphatic carbocycles. The molecule has 0 bridgehead atoms. The summed E-state index contributed by atoms with van der Waals surface area (Å²) in [5.41, 5.74) is 0. The molecule has 2 saturated heterocycles. The number of hydrogen-bond donors (Lipinski definition) is 2. The highest BCUT2D eigenvalue weighted by Gasteiger charge is 2.33. The van der Waals surface area contributed by atoms with Crippen LogP contribution in [0.5, 0.6) is 0 Å². The second-order valence-corrected chi connectivity index (χ2v) is 4.62. The predicted molar refractivity (Wildman–Crippen MR) is 56.3 cm³/mol. The van der Waals surface area contributed by atoms with Crippen molar-refractivity contribution in [1.82, 2.24) is 15.1 Å². The molecule has 2 aliphatic heterocycles. The maximum Gasteiger partial charge on any atom is 0.0831 e. The van der Waals surface area contributed by atoms with Crippen LogP contribution in [0.15, 0.2) is 0 Å². The van der Waals surface area contributed by atoms with Gasteiger partial charge in [0.1, 0.15) is 0 Å². The Bertz CT molecular complexity index is 200. The molecule has 0 spiro atoms. The molecule has 0 aromatic heterocycles. The molecule has 0 amide bonds. The highest BCUT2D eigenvalue weighted by atomic mass is 16.3. The predicted octanol–water partition coefficient (Wildman–Crippen LogP) is -1.04. The van der Waals surface area contributed by atoms with Crippen molar-refractivity contribution in [2.75, 3.05) is 39.8 Å². The Morgan fingerprint density at radius 2 is 2.07 bits per heavy atom. The zero-order chi connectivity index (χ0) is 10.1. The summed E-state index contributed by atoms with van der Waals surface area (Å²) >= 11 is 0. The molecule has 2 aliphatic rings. The highest BCUT2D eigenvalue weighted by Crippen LogP contribution is 2.14. The van der Waals surface area contributed by atoms with Gasteiger partial charge in [0.15, 0.2) is 0 Å². The number of nitrogens with one attached hydrogen (secondary N) is 1. The lowest BCUT2D eigenvalue weighted by Crippen LogP contribution is -2.56. The molecule has 0 aromatic rings. The third kappa shape index (κ3) is 1.93. The summed E-state index contributed by atoms with van der Waals surface area (Å²) in [5.74, 6) is 0. The van der Waals surface area contributed by atoms with E-state index in [1.165, 1.54) is 0 Å². The van der Waals surface area contributed by atoms with Gasteiger partial charge in [0, 0.05) is 44.8 Å². The Morgan fingerprint density at radius 3 is 2.64 bits per heavy atom. The number of rotatable bonds is 1. The fourth-order valence-electron chi connectivity index (χ4n) is 2.40. The van der Waals surface area contributed by atoms with Gasteiger partial charge in [0.25, 0.3) is 0 Å². The van der Waals surface area contributed by atoms with Crippen LogP contribution in [0.1, 0.15) is 6.92 Å². The molecule has 2 heterocycles. The third-order valence-corrected chi connectivity index (χ3v) is 3.61. The monoisotopic (exact) mass is 199 g/mol. The summed E-state index contributed by atoms with van der Waals surface area (Å²) in [5, 5.41) is 13.0. The van der Waals surface area contributed by atoms with E-state index in [2.05, 4.69) is 29.1 Å². The van der Waals surface area contributed by atoms with Crippen molar-refractivity contribution in [2.24, 2.45) is 0 Å². The molecule has 2 N–H and O–H groups in total. The maximum atomic E-state index is 9.78. The van der Waals surface area contributed by atoms with Crippen LogP contribution in [0.4, 0.5) is 0 Å². The highest BCUT2D eigenvalue weighted by molar-refractivity contribution is 4.91. The van der Waals surface area contributed by atoms with Crippen molar-refractivity contribution in [2.45, 2.75) is 25.1 Å². The summed E-state index contributed by atoms with van der Waals surface area (Å²) in [6.45, 7) is 7.23. The molecular formula is C10H21N3O. The first kappa shape index (κ1) is 10.4. The van der Waals surface area contributed by atoms with E-state index in [9.17, 15) is 5.11 Å². The van der Waals surface area contributed by atoms with Crippen LogP contribution in [0, 0.1) is 0 Å². The molecule has 3 atom stereocenters. The molecule has 2 fully saturated rings. The maximum absolute atomic E-state index is 9.78. The molecule has 0 radical (unpaired) electrons. The normalized spacial score (nSPS) is 41.8. The minimum absolute atomic E-state index is 0.175. The topological polar surface area (TPSA) is 38.7 Å². The quantitative estimate of drug-likeness (QED) is 0.565. The fourth-order valence-corrected chi connectivity index (χ4v) is 2.40. The first-order valence-electron chi connectivity index (χ1n) is 5.51. The van der Waals surface area contributed by atoms with Crippen molar-refractivity contribution < 1.29 is 5.11 Å². The van der Waals surface area contributed by atoms with E-state index in [1.807, 2.05) is 0 Å². The molecule has 14 heavy (non-hydrogen) atoms. The standard InChI is InChI=1S/C10H21N3O/c1-8-7-13(4-3-12(8)2)9-5-11-6-10(9)14/h8-11,14H,3-7H2,1-2H3. The molecular weight excluding hydrogens is 178 g/mol. The summed E-state index contributed by atoms with van der Waals surface area (Å²) in [4.78, 5) is 4.81. The first-order valence-corrected chi connectivity index (χ1v) is 5.51. The van der Waals surface area contributed by atoms with E-state index >= 15 is 0 Å². The molecule has 0 saturated carbocycles. The number of aliphatic hydroxyl groups excluding tert-OH is 1. The average Bonchev–Trinajstić information content (AvgIpc) is 2.57. The smallest absolute Gasteiger partial charge is 0.0831 e. The molecule has 4 nitrogen and oxygen atoms in total. The van der Waals surface area contributed by atoms with E-state index in [4.69, 9.17) is 0 Å². The Hall–Kier alpha value is -0.160. The lowest BCUT2D eigenvalue weighted by atomic mass is 10.1. The molecule has 3 unspecified atom stereocenters. The van der Waals surface area contributed by atoms with Crippen LogP contribution in [0.3, 0.4) is 0 Å². The van der Waals surface area contributed by atoms with Crippen LogP contribution in [-0.2, 0) is 0 Å². The van der Waals surface area contributed by atoms with Crippen molar-refractivity contribution in [3.05, 3.63) is 0 Å². The van der Waals surface area contributed by atoms with Gasteiger partial charge in [-0.15, -0.1) is 0 Å². The van der Waals surface area contributed by atoms with Crippen molar-refractivity contribution in [3.8, 4) is 0 Å². The molecule has 4 heteroatoms. The largest absolute Gasteiger partial charge is 0.390 e. The number of aliphatic hydroxyl groups is 1. The van der Waals surface area contributed by atoms with E-state index < -0.39 is 0 Å². The van der Waals surface area contributed by atoms with Gasteiger partial charge in [0.05, 0.1) is 6.10 Å². The van der Waals surface area contributed by atoms with Crippen LogP contribution < -0.4 is 5.32 Å². The summed E-state index contributed by atoms with van der Waals surface area (Å²) < 4.78 is 0. The second-order valence-electron chi connectivity index (χ2n) is 4.62. The SMILES string of the molecule is CC1CN(C2CNCC2O)CCN1C. The molecule has 82 valence electrons. The number of piperazine rings is 1. The van der Waals surface area contributed by atoms with E-state index in [0.717, 1.165) is 32.7 Å². The zero-order valence-electron chi connectivity index (χ0n) is 9.11. The van der Waals surface area contributed by atoms with Gasteiger partial charge in [-0.25, -0.2) is 0 Å². The van der Waals surface area contributed by atoms with Crippen molar-refractivity contribution in [1.29, 1.82) is 0 Å². The van der Waals surface area contributed by atoms with Gasteiger partial charge in [-0.05, 0) is 14.0 Å². The number of β-amino-alcohol motifs (C(OH)–C–C–N with tert-alkyl or cyclic N) is 1. The average molecular weight is 199 g/mol. The summed E-state index contributed by atoms with van der Waals surface area (Å²) in [6, 6.07) is 0.947. The first-order chi connectivity index (χ1) is 6.68. The Morgan fingerprint density at radius 1 is 1.29 bits per heavy atom. The van der Waals surface area contributed by atoms with Crippen LogP contribution >= 0.6 is 0 Å². The van der Waals surface area contributed by atoms with E-state index in [-0.39, 0.29) is 6.10 Å². The lowest BCUT2D eigenvalue weighted by Gasteiger charge is -2.41. The minimum Gasteiger partial charge on any atom is -0.390 e. The summed E-state index contributed by atoms with van der Waals surface area (Å²) in [6.07, 6.45) is -0.175. The third-order valence-electron chi connectivity index (χ3n) is 3.61. The fraction of sp³-hybridized carbons (Fsp3) is 1.00. The van der Waals surface area contributed by atoms with E-state index in [1.54, 1.807) is 0 Å². The van der Waals surface area contributed by atoms with Gasteiger partial charge in [-0.2, -0.15) is 0 Å². The van der Waals surface area contributed by atoms with E-state index in [0.29, 0.717) is 12.1 Å². The lowest BCUT2D eigenvalue weighted by molar-refractivity contribution is 0.0298. The van der Waals surface area contributed by atoms with Crippen LogP contribution in [0.25, 0.3) is 0 Å². The molecule has 2 rings (SSSR count). The second kappa shape index (κ2) is 4.14. The summed E-state index contributed by atoms with van der Waals surface area (Å²) in [7, 11) is 2.17. The number of hydrogen-bond acceptors (Lipinski definition) is 4. The molecule has 0 aromatic carbocycles. The number of nitrogens with zero attached hydrogens (tertiary/aromatic N) is 2. The Balaban J connectivity index is 1.92. The van der Waals surface area contributed by atoms with Crippen molar-refractivity contribution in [3.63, 3.8) is 0 Å².